The molecule has 2 N–H and O–H groups in total. The Kier molecular flexibility index (Phi) is 5.85. The van der Waals surface area contributed by atoms with Crippen LogP contribution in [0, 0.1) is 34.6 Å². The molecular formula is C21H25NO3S3. The molecule has 0 saturated carbocycles. The van der Waals surface area contributed by atoms with Gasteiger partial charge in [0, 0.05) is 17.0 Å². The Balaban J connectivity index is 2.02. The molecule has 0 aliphatic carbocycles. The first-order valence-electron chi connectivity index (χ1n) is 8.95. The minimum atomic E-state index is -3.80. The molecular weight excluding hydrogens is 410 g/mol. The van der Waals surface area contributed by atoms with E-state index in [2.05, 4.69) is 4.72 Å². The van der Waals surface area contributed by atoms with Crippen LogP contribution in [-0.4, -0.2) is 20.1 Å². The maximum absolute atomic E-state index is 13.3. The number of thiophene rings is 2. The van der Waals surface area contributed by atoms with Gasteiger partial charge in [-0.2, -0.15) is 11.3 Å². The van der Waals surface area contributed by atoms with Crippen LogP contribution >= 0.6 is 22.7 Å². The standard InChI is InChI=1S/C21H25NO3S3/c1-13-14(2)16(4)20(17(5)15(13)3)28(24,25)22-12-21(23,18-8-10-26-11-18)19-7-6-9-27-19/h6-11,22-23H,12H2,1-5H3/t21-/m1/s1. The topological polar surface area (TPSA) is 66.4 Å². The Hall–Kier alpha value is -1.51. The van der Waals surface area contributed by atoms with Crippen molar-refractivity contribution in [2.75, 3.05) is 6.54 Å². The summed E-state index contributed by atoms with van der Waals surface area (Å²) >= 11 is 2.88. The smallest absolute Gasteiger partial charge is 0.241 e. The van der Waals surface area contributed by atoms with Crippen molar-refractivity contribution in [3.05, 3.63) is 72.6 Å². The second kappa shape index (κ2) is 7.72. The second-order valence-electron chi connectivity index (χ2n) is 7.13. The molecule has 0 aliphatic heterocycles. The van der Waals surface area contributed by atoms with Gasteiger partial charge in [0.05, 0.1) is 4.90 Å². The molecule has 150 valence electrons. The van der Waals surface area contributed by atoms with E-state index in [1.165, 1.54) is 22.7 Å². The number of hydrogen-bond acceptors (Lipinski definition) is 5. The highest BCUT2D eigenvalue weighted by atomic mass is 32.2. The number of nitrogens with one attached hydrogen (secondary N) is 1. The number of rotatable bonds is 6. The summed E-state index contributed by atoms with van der Waals surface area (Å²) in [5.41, 5.74) is 3.86. The highest BCUT2D eigenvalue weighted by molar-refractivity contribution is 7.89. The van der Waals surface area contributed by atoms with Crippen molar-refractivity contribution in [2.45, 2.75) is 45.1 Å². The molecule has 28 heavy (non-hydrogen) atoms. The van der Waals surface area contributed by atoms with Crippen LogP contribution in [0.1, 0.15) is 38.3 Å². The van der Waals surface area contributed by atoms with Gasteiger partial charge in [-0.05, 0) is 90.7 Å². The molecule has 0 spiro atoms. The van der Waals surface area contributed by atoms with Crippen LogP contribution in [0.15, 0.2) is 39.2 Å². The summed E-state index contributed by atoms with van der Waals surface area (Å²) in [6.07, 6.45) is 0. The fourth-order valence-corrected chi connectivity index (χ4v) is 6.71. The lowest BCUT2D eigenvalue weighted by molar-refractivity contribution is 0.0903. The maximum atomic E-state index is 13.3. The summed E-state index contributed by atoms with van der Waals surface area (Å²) in [4.78, 5) is 1.02. The first-order valence-corrected chi connectivity index (χ1v) is 12.3. The van der Waals surface area contributed by atoms with Crippen molar-refractivity contribution in [1.82, 2.24) is 4.72 Å². The minimum Gasteiger partial charge on any atom is -0.378 e. The average Bonchev–Trinajstić information content (AvgIpc) is 3.37. The summed E-state index contributed by atoms with van der Waals surface area (Å²) in [5.74, 6) is 0. The fourth-order valence-electron chi connectivity index (χ4n) is 3.49. The monoisotopic (exact) mass is 435 g/mol. The molecule has 1 aromatic carbocycles. The Morgan fingerprint density at radius 2 is 1.57 bits per heavy atom. The molecule has 1 atom stereocenters. The Bertz CT molecular complexity index is 1020. The van der Waals surface area contributed by atoms with Gasteiger partial charge in [0.25, 0.3) is 0 Å². The van der Waals surface area contributed by atoms with Gasteiger partial charge in [-0.25, -0.2) is 13.1 Å². The van der Waals surface area contributed by atoms with Gasteiger partial charge in [-0.15, -0.1) is 11.3 Å². The summed E-state index contributed by atoms with van der Waals surface area (Å²) in [7, 11) is -3.80. The van der Waals surface area contributed by atoms with Gasteiger partial charge in [-0.1, -0.05) is 6.07 Å². The molecule has 0 bridgehead atoms. The van der Waals surface area contributed by atoms with E-state index in [1.807, 2.05) is 69.0 Å². The summed E-state index contributed by atoms with van der Waals surface area (Å²) < 4.78 is 29.2. The van der Waals surface area contributed by atoms with Crippen LogP contribution < -0.4 is 4.72 Å². The molecule has 0 aliphatic rings. The Labute approximate surface area is 174 Å². The van der Waals surface area contributed by atoms with E-state index in [9.17, 15) is 13.5 Å². The van der Waals surface area contributed by atoms with Crippen molar-refractivity contribution in [1.29, 1.82) is 0 Å². The predicted octanol–water partition coefficient (Wildman–Crippen LogP) is 4.57. The van der Waals surface area contributed by atoms with Crippen LogP contribution in [-0.2, 0) is 15.6 Å². The zero-order valence-corrected chi connectivity index (χ0v) is 19.1. The van der Waals surface area contributed by atoms with Crippen LogP contribution in [0.5, 0.6) is 0 Å². The molecule has 0 radical (unpaired) electrons. The molecule has 4 nitrogen and oxygen atoms in total. The third-order valence-electron chi connectivity index (χ3n) is 5.65. The van der Waals surface area contributed by atoms with Gasteiger partial charge >= 0.3 is 0 Å². The molecule has 0 fully saturated rings. The molecule has 0 unspecified atom stereocenters. The highest BCUT2D eigenvalue weighted by Gasteiger charge is 2.35. The lowest BCUT2D eigenvalue weighted by Gasteiger charge is -2.27. The average molecular weight is 436 g/mol. The van der Waals surface area contributed by atoms with Gasteiger partial charge < -0.3 is 5.11 Å². The first-order chi connectivity index (χ1) is 13.1. The van der Waals surface area contributed by atoms with Crippen molar-refractivity contribution < 1.29 is 13.5 Å². The lowest BCUT2D eigenvalue weighted by atomic mass is 9.95. The summed E-state index contributed by atoms with van der Waals surface area (Å²) in [6, 6.07) is 5.51. The normalized spacial score (nSPS) is 14.2. The van der Waals surface area contributed by atoms with E-state index in [0.717, 1.165) is 27.8 Å². The quantitative estimate of drug-likeness (QED) is 0.596. The van der Waals surface area contributed by atoms with E-state index in [1.54, 1.807) is 0 Å². The number of hydrogen-bond donors (Lipinski definition) is 2. The third-order valence-corrected chi connectivity index (χ3v) is 9.02. The first kappa shape index (κ1) is 21.2. The van der Waals surface area contributed by atoms with Crippen LogP contribution in [0.4, 0.5) is 0 Å². The lowest BCUT2D eigenvalue weighted by Crippen LogP contribution is -2.41. The molecule has 0 amide bonds. The van der Waals surface area contributed by atoms with Crippen LogP contribution in [0.25, 0.3) is 0 Å². The van der Waals surface area contributed by atoms with Crippen molar-refractivity contribution in [2.24, 2.45) is 0 Å². The third kappa shape index (κ3) is 3.57. The van der Waals surface area contributed by atoms with Gasteiger partial charge in [0.15, 0.2) is 0 Å². The van der Waals surface area contributed by atoms with Gasteiger partial charge in [0.1, 0.15) is 5.60 Å². The SMILES string of the molecule is Cc1c(C)c(C)c(S(=O)(=O)NC[C@@](O)(c2ccsc2)c2cccs2)c(C)c1C. The van der Waals surface area contributed by atoms with Gasteiger partial charge in [0.2, 0.25) is 10.0 Å². The maximum Gasteiger partial charge on any atom is 0.241 e. The van der Waals surface area contributed by atoms with E-state index in [0.29, 0.717) is 15.3 Å². The Morgan fingerprint density at radius 3 is 2.07 bits per heavy atom. The second-order valence-corrected chi connectivity index (χ2v) is 10.6. The van der Waals surface area contributed by atoms with E-state index in [-0.39, 0.29) is 6.54 Å². The Morgan fingerprint density at radius 1 is 0.964 bits per heavy atom. The summed E-state index contributed by atoms with van der Waals surface area (Å²) in [6.45, 7) is 9.46. The van der Waals surface area contributed by atoms with Crippen molar-refractivity contribution >= 4 is 32.7 Å². The molecule has 3 rings (SSSR count). The van der Waals surface area contributed by atoms with Crippen molar-refractivity contribution in [3.8, 4) is 0 Å². The van der Waals surface area contributed by atoms with E-state index >= 15 is 0 Å². The molecule has 2 heterocycles. The van der Waals surface area contributed by atoms with Crippen LogP contribution in [0.3, 0.4) is 0 Å². The number of sulfonamides is 1. The van der Waals surface area contributed by atoms with Gasteiger partial charge in [-0.3, -0.25) is 0 Å². The van der Waals surface area contributed by atoms with Crippen LogP contribution in [0.2, 0.25) is 0 Å². The molecule has 7 heteroatoms. The predicted molar refractivity (Wildman–Crippen MR) is 117 cm³/mol. The molecule has 2 aromatic heterocycles. The molecule has 3 aromatic rings. The zero-order valence-electron chi connectivity index (χ0n) is 16.7. The fraction of sp³-hybridized carbons (Fsp3) is 0.333. The minimum absolute atomic E-state index is 0.128. The van der Waals surface area contributed by atoms with E-state index in [4.69, 9.17) is 0 Å². The number of aliphatic hydroxyl groups is 1. The van der Waals surface area contributed by atoms with Crippen molar-refractivity contribution in [3.63, 3.8) is 0 Å². The summed E-state index contributed by atoms with van der Waals surface area (Å²) in [5, 5.41) is 17.0. The largest absolute Gasteiger partial charge is 0.378 e. The molecule has 0 saturated heterocycles. The number of benzene rings is 1. The zero-order chi connectivity index (χ0) is 20.7. The van der Waals surface area contributed by atoms with E-state index < -0.39 is 15.6 Å². The highest BCUT2D eigenvalue weighted by Crippen LogP contribution is 2.35.